The zero-order valence-electron chi connectivity index (χ0n) is 9.08. The molecule has 2 heterocycles. The molecule has 4 heteroatoms. The fourth-order valence-electron chi connectivity index (χ4n) is 2.25. The molecule has 82 valence electrons. The van der Waals surface area contributed by atoms with E-state index in [4.69, 9.17) is 5.26 Å². The van der Waals surface area contributed by atoms with Gasteiger partial charge < -0.3 is 10.6 Å². The lowest BCUT2D eigenvalue weighted by Gasteiger charge is -2.28. The lowest BCUT2D eigenvalue weighted by molar-refractivity contribution is 0.471. The molecule has 3 rings (SSSR count). The van der Waals surface area contributed by atoms with E-state index in [9.17, 15) is 0 Å². The SMILES string of the molecule is N#Cc1cc2c(nc1NC1CNC1)CCC2. The molecule has 0 spiro atoms. The first kappa shape index (κ1) is 9.61. The molecule has 0 unspecified atom stereocenters. The molecule has 1 aliphatic carbocycles. The highest BCUT2D eigenvalue weighted by atomic mass is 15.1. The molecule has 0 atom stereocenters. The minimum atomic E-state index is 0.430. The van der Waals surface area contributed by atoms with Gasteiger partial charge in [-0.05, 0) is 30.9 Å². The van der Waals surface area contributed by atoms with Crippen LogP contribution in [-0.2, 0) is 12.8 Å². The summed E-state index contributed by atoms with van der Waals surface area (Å²) in [5.41, 5.74) is 3.12. The quantitative estimate of drug-likeness (QED) is 0.765. The van der Waals surface area contributed by atoms with Crippen molar-refractivity contribution in [3.8, 4) is 6.07 Å². The molecule has 0 aromatic carbocycles. The van der Waals surface area contributed by atoms with Crippen LogP contribution in [0.2, 0.25) is 0 Å². The number of rotatable bonds is 2. The summed E-state index contributed by atoms with van der Waals surface area (Å²) in [6.45, 7) is 1.92. The number of fused-ring (bicyclic) bond motifs is 1. The van der Waals surface area contributed by atoms with Crippen molar-refractivity contribution in [3.05, 3.63) is 22.9 Å². The first-order chi connectivity index (χ1) is 7.86. The Labute approximate surface area is 94.7 Å². The fraction of sp³-hybridized carbons (Fsp3) is 0.500. The van der Waals surface area contributed by atoms with Crippen molar-refractivity contribution in [1.29, 1.82) is 5.26 Å². The predicted molar refractivity (Wildman–Crippen MR) is 61.3 cm³/mol. The van der Waals surface area contributed by atoms with E-state index in [0.717, 1.165) is 31.7 Å². The maximum Gasteiger partial charge on any atom is 0.144 e. The lowest BCUT2D eigenvalue weighted by atomic mass is 10.1. The average Bonchev–Trinajstić information content (AvgIpc) is 2.68. The number of hydrogen-bond donors (Lipinski definition) is 2. The summed E-state index contributed by atoms with van der Waals surface area (Å²) in [5.74, 6) is 0.773. The van der Waals surface area contributed by atoms with Gasteiger partial charge >= 0.3 is 0 Å². The minimum Gasteiger partial charge on any atom is -0.364 e. The number of nitrogens with one attached hydrogen (secondary N) is 2. The van der Waals surface area contributed by atoms with E-state index in [1.165, 1.54) is 17.7 Å². The molecule has 1 fully saturated rings. The van der Waals surface area contributed by atoms with Crippen molar-refractivity contribution in [1.82, 2.24) is 10.3 Å². The van der Waals surface area contributed by atoms with Crippen molar-refractivity contribution < 1.29 is 0 Å². The maximum absolute atomic E-state index is 9.11. The summed E-state index contributed by atoms with van der Waals surface area (Å²) < 4.78 is 0. The topological polar surface area (TPSA) is 60.7 Å². The Kier molecular flexibility index (Phi) is 2.26. The molecule has 4 nitrogen and oxygen atoms in total. The molecule has 1 aromatic rings. The third-order valence-corrected chi connectivity index (χ3v) is 3.29. The van der Waals surface area contributed by atoms with Crippen molar-refractivity contribution in [2.24, 2.45) is 0 Å². The van der Waals surface area contributed by atoms with Gasteiger partial charge in [0.1, 0.15) is 11.9 Å². The second-order valence-electron chi connectivity index (χ2n) is 4.46. The monoisotopic (exact) mass is 214 g/mol. The van der Waals surface area contributed by atoms with Crippen molar-refractivity contribution in [2.75, 3.05) is 18.4 Å². The number of pyridine rings is 1. The van der Waals surface area contributed by atoms with E-state index in [2.05, 4.69) is 21.7 Å². The number of aromatic nitrogens is 1. The van der Waals surface area contributed by atoms with Crippen LogP contribution in [0.25, 0.3) is 0 Å². The number of hydrogen-bond acceptors (Lipinski definition) is 4. The van der Waals surface area contributed by atoms with Crippen molar-refractivity contribution >= 4 is 5.82 Å². The Bertz CT molecular complexity index is 457. The summed E-state index contributed by atoms with van der Waals surface area (Å²) >= 11 is 0. The van der Waals surface area contributed by atoms with Crippen LogP contribution in [0.15, 0.2) is 6.07 Å². The van der Waals surface area contributed by atoms with Crippen LogP contribution in [0.3, 0.4) is 0 Å². The summed E-state index contributed by atoms with van der Waals surface area (Å²) in [6, 6.07) is 4.67. The van der Waals surface area contributed by atoms with E-state index in [0.29, 0.717) is 11.6 Å². The largest absolute Gasteiger partial charge is 0.364 e. The van der Waals surface area contributed by atoms with E-state index < -0.39 is 0 Å². The molecule has 2 N–H and O–H groups in total. The van der Waals surface area contributed by atoms with E-state index >= 15 is 0 Å². The first-order valence-electron chi connectivity index (χ1n) is 5.77. The van der Waals surface area contributed by atoms with Gasteiger partial charge in [-0.25, -0.2) is 4.98 Å². The van der Waals surface area contributed by atoms with Gasteiger partial charge in [-0.1, -0.05) is 0 Å². The van der Waals surface area contributed by atoms with Gasteiger partial charge in [0, 0.05) is 18.8 Å². The van der Waals surface area contributed by atoms with Gasteiger partial charge in [0.15, 0.2) is 0 Å². The van der Waals surface area contributed by atoms with Crippen LogP contribution in [0, 0.1) is 11.3 Å². The smallest absolute Gasteiger partial charge is 0.144 e. The standard InChI is InChI=1S/C12H14N4/c13-5-9-4-8-2-1-3-11(8)16-12(9)15-10-6-14-7-10/h4,10,14H,1-3,6-7H2,(H,15,16). The summed E-state index contributed by atoms with van der Waals surface area (Å²) in [6.07, 6.45) is 3.29. The molecule has 1 saturated heterocycles. The minimum absolute atomic E-state index is 0.430. The van der Waals surface area contributed by atoms with Crippen LogP contribution in [-0.4, -0.2) is 24.1 Å². The van der Waals surface area contributed by atoms with Gasteiger partial charge in [-0.3, -0.25) is 0 Å². The van der Waals surface area contributed by atoms with Crippen molar-refractivity contribution in [2.45, 2.75) is 25.3 Å². The van der Waals surface area contributed by atoms with Crippen LogP contribution >= 0.6 is 0 Å². The molecule has 0 bridgehead atoms. The molecule has 16 heavy (non-hydrogen) atoms. The Morgan fingerprint density at radius 1 is 1.44 bits per heavy atom. The second-order valence-corrected chi connectivity index (χ2v) is 4.46. The highest BCUT2D eigenvalue weighted by molar-refractivity contribution is 5.55. The lowest BCUT2D eigenvalue weighted by Crippen LogP contribution is -2.51. The van der Waals surface area contributed by atoms with E-state index in [-0.39, 0.29) is 0 Å². The summed E-state index contributed by atoms with van der Waals surface area (Å²) in [5, 5.41) is 15.6. The predicted octanol–water partition coefficient (Wildman–Crippen LogP) is 0.826. The Morgan fingerprint density at radius 2 is 2.31 bits per heavy atom. The zero-order chi connectivity index (χ0) is 11.0. The molecule has 0 amide bonds. The Balaban J connectivity index is 1.93. The normalized spacial score (nSPS) is 18.7. The second kappa shape index (κ2) is 3.76. The maximum atomic E-state index is 9.11. The molecule has 1 aromatic heterocycles. The molecule has 1 aliphatic heterocycles. The van der Waals surface area contributed by atoms with Gasteiger partial charge in [0.2, 0.25) is 0 Å². The van der Waals surface area contributed by atoms with Crippen LogP contribution in [0.1, 0.15) is 23.2 Å². The summed E-state index contributed by atoms with van der Waals surface area (Å²) in [4.78, 5) is 4.58. The van der Waals surface area contributed by atoms with Crippen LogP contribution in [0.5, 0.6) is 0 Å². The molecular weight excluding hydrogens is 200 g/mol. The van der Waals surface area contributed by atoms with Gasteiger partial charge in [0.05, 0.1) is 11.6 Å². The highest BCUT2D eigenvalue weighted by Gasteiger charge is 2.21. The molecular formula is C12H14N4. The Hall–Kier alpha value is -1.60. The molecule has 0 saturated carbocycles. The number of anilines is 1. The van der Waals surface area contributed by atoms with Crippen LogP contribution in [0.4, 0.5) is 5.82 Å². The van der Waals surface area contributed by atoms with Gasteiger partial charge in [-0.2, -0.15) is 5.26 Å². The van der Waals surface area contributed by atoms with E-state index in [1.807, 2.05) is 6.07 Å². The summed E-state index contributed by atoms with van der Waals surface area (Å²) in [7, 11) is 0. The number of nitriles is 1. The third-order valence-electron chi connectivity index (χ3n) is 3.29. The number of aryl methyl sites for hydroxylation is 2. The Morgan fingerprint density at radius 3 is 3.00 bits per heavy atom. The molecule has 2 aliphatic rings. The average molecular weight is 214 g/mol. The van der Waals surface area contributed by atoms with Crippen LogP contribution < -0.4 is 10.6 Å². The van der Waals surface area contributed by atoms with Gasteiger partial charge in [-0.15, -0.1) is 0 Å². The molecule has 0 radical (unpaired) electrons. The van der Waals surface area contributed by atoms with Gasteiger partial charge in [0.25, 0.3) is 0 Å². The fourth-order valence-corrected chi connectivity index (χ4v) is 2.25. The van der Waals surface area contributed by atoms with Crippen molar-refractivity contribution in [3.63, 3.8) is 0 Å². The first-order valence-corrected chi connectivity index (χ1v) is 5.77. The highest BCUT2D eigenvalue weighted by Crippen LogP contribution is 2.25. The van der Waals surface area contributed by atoms with E-state index in [1.54, 1.807) is 0 Å². The third kappa shape index (κ3) is 1.54. The zero-order valence-corrected chi connectivity index (χ0v) is 9.08. The number of nitrogens with zero attached hydrogens (tertiary/aromatic N) is 2.